The van der Waals surface area contributed by atoms with E-state index in [1.54, 1.807) is 0 Å². The zero-order valence-electron chi connectivity index (χ0n) is 12.9. The van der Waals surface area contributed by atoms with Crippen LogP contribution in [0.5, 0.6) is 5.75 Å². The number of hydrogen-bond donors (Lipinski definition) is 1. The highest BCUT2D eigenvalue weighted by Gasteiger charge is 2.33. The first-order chi connectivity index (χ1) is 9.51. The van der Waals surface area contributed by atoms with Gasteiger partial charge in [0.2, 0.25) is 0 Å². The number of carbonyl (C=O) groups is 1. The lowest BCUT2D eigenvalue weighted by Gasteiger charge is -2.28. The lowest BCUT2D eigenvalue weighted by Crippen LogP contribution is -2.51. The van der Waals surface area contributed by atoms with Crippen LogP contribution in [0.25, 0.3) is 0 Å². The van der Waals surface area contributed by atoms with Gasteiger partial charge in [0.1, 0.15) is 11.3 Å². The van der Waals surface area contributed by atoms with E-state index in [4.69, 9.17) is 9.47 Å². The van der Waals surface area contributed by atoms with E-state index in [2.05, 4.69) is 5.32 Å². The van der Waals surface area contributed by atoms with Gasteiger partial charge >= 0.3 is 5.97 Å². The number of likely N-dealkylation sites (N-methyl/N-ethyl adjacent to an activating group) is 1. The number of esters is 1. The molecular formula is C16H25NO3. The van der Waals surface area contributed by atoms with E-state index in [1.807, 2.05) is 52.0 Å². The van der Waals surface area contributed by atoms with Gasteiger partial charge in [-0.2, -0.15) is 0 Å². The van der Waals surface area contributed by atoms with Crippen molar-refractivity contribution in [2.45, 2.75) is 39.7 Å². The molecule has 1 rings (SSSR count). The first kappa shape index (κ1) is 16.5. The molecule has 1 N–H and O–H groups in total. The smallest absolute Gasteiger partial charge is 0.326 e. The van der Waals surface area contributed by atoms with Crippen molar-refractivity contribution in [3.63, 3.8) is 0 Å². The average Bonchev–Trinajstić information content (AvgIpc) is 2.39. The van der Waals surface area contributed by atoms with Gasteiger partial charge in [0.05, 0.1) is 13.2 Å². The largest absolute Gasteiger partial charge is 0.493 e. The summed E-state index contributed by atoms with van der Waals surface area (Å²) in [6, 6.07) is 7.88. The van der Waals surface area contributed by atoms with Gasteiger partial charge in [0, 0.05) is 6.42 Å². The second-order valence-corrected chi connectivity index (χ2v) is 5.00. The number of aryl methyl sites for hydroxylation is 1. The maximum Gasteiger partial charge on any atom is 0.326 e. The van der Waals surface area contributed by atoms with Gasteiger partial charge < -0.3 is 14.8 Å². The van der Waals surface area contributed by atoms with Crippen molar-refractivity contribution in [3.05, 3.63) is 29.8 Å². The molecule has 20 heavy (non-hydrogen) atoms. The van der Waals surface area contributed by atoms with Gasteiger partial charge in [-0.3, -0.25) is 4.79 Å². The van der Waals surface area contributed by atoms with Crippen LogP contribution >= 0.6 is 0 Å². The molecule has 4 heteroatoms. The molecule has 0 radical (unpaired) electrons. The number of rotatable bonds is 8. The van der Waals surface area contributed by atoms with Crippen molar-refractivity contribution in [2.24, 2.45) is 0 Å². The summed E-state index contributed by atoms with van der Waals surface area (Å²) in [5, 5.41) is 3.19. The van der Waals surface area contributed by atoms with Crippen LogP contribution in [0.4, 0.5) is 0 Å². The Bertz CT molecular complexity index is 433. The number of hydrogen-bond acceptors (Lipinski definition) is 4. The summed E-state index contributed by atoms with van der Waals surface area (Å²) in [6.45, 7) is 9.22. The summed E-state index contributed by atoms with van der Waals surface area (Å²) < 4.78 is 10.8. The Labute approximate surface area is 121 Å². The topological polar surface area (TPSA) is 47.6 Å². The van der Waals surface area contributed by atoms with Crippen molar-refractivity contribution < 1.29 is 14.3 Å². The third-order valence-corrected chi connectivity index (χ3v) is 3.15. The fourth-order valence-electron chi connectivity index (χ4n) is 2.02. The van der Waals surface area contributed by atoms with E-state index >= 15 is 0 Å². The summed E-state index contributed by atoms with van der Waals surface area (Å²) in [7, 11) is 0. The van der Waals surface area contributed by atoms with Crippen LogP contribution in [0.15, 0.2) is 24.3 Å². The van der Waals surface area contributed by atoms with E-state index in [0.717, 1.165) is 11.3 Å². The number of nitrogens with one attached hydrogen (secondary N) is 1. The quantitative estimate of drug-likeness (QED) is 0.743. The summed E-state index contributed by atoms with van der Waals surface area (Å²) >= 11 is 0. The Morgan fingerprint density at radius 1 is 1.35 bits per heavy atom. The van der Waals surface area contributed by atoms with Crippen LogP contribution < -0.4 is 10.1 Å². The molecule has 112 valence electrons. The highest BCUT2D eigenvalue weighted by molar-refractivity contribution is 5.80. The molecular weight excluding hydrogens is 254 g/mol. The monoisotopic (exact) mass is 279 g/mol. The van der Waals surface area contributed by atoms with Crippen molar-refractivity contribution in [1.82, 2.24) is 5.32 Å². The highest BCUT2D eigenvalue weighted by Crippen LogP contribution is 2.16. The molecule has 0 fully saturated rings. The van der Waals surface area contributed by atoms with Gasteiger partial charge in [-0.15, -0.1) is 0 Å². The third kappa shape index (κ3) is 4.85. The molecule has 0 saturated carbocycles. The molecule has 0 aliphatic rings. The Kier molecular flexibility index (Phi) is 6.52. The zero-order chi connectivity index (χ0) is 15.0. The van der Waals surface area contributed by atoms with Gasteiger partial charge in [-0.05, 0) is 45.0 Å². The van der Waals surface area contributed by atoms with Crippen molar-refractivity contribution in [1.29, 1.82) is 0 Å². The maximum absolute atomic E-state index is 12.0. The first-order valence-corrected chi connectivity index (χ1v) is 7.13. The van der Waals surface area contributed by atoms with Gasteiger partial charge in [-0.25, -0.2) is 0 Å². The molecule has 4 nitrogen and oxygen atoms in total. The van der Waals surface area contributed by atoms with Crippen LogP contribution in [0.3, 0.4) is 0 Å². The molecule has 0 amide bonds. The Morgan fingerprint density at radius 2 is 2.10 bits per heavy atom. The summed E-state index contributed by atoms with van der Waals surface area (Å²) in [5.74, 6) is 0.599. The lowest BCUT2D eigenvalue weighted by atomic mass is 9.98. The Balaban J connectivity index is 2.56. The maximum atomic E-state index is 12.0. The molecule has 1 aromatic carbocycles. The third-order valence-electron chi connectivity index (χ3n) is 3.15. The Morgan fingerprint density at radius 3 is 2.70 bits per heavy atom. The lowest BCUT2D eigenvalue weighted by molar-refractivity contribution is -0.151. The molecule has 0 saturated heterocycles. The van der Waals surface area contributed by atoms with Gasteiger partial charge in [-0.1, -0.05) is 19.1 Å². The van der Waals surface area contributed by atoms with Crippen LogP contribution in [0, 0.1) is 6.92 Å². The first-order valence-electron chi connectivity index (χ1n) is 7.13. The molecule has 0 heterocycles. The predicted octanol–water partition coefficient (Wildman–Crippen LogP) is 2.70. The summed E-state index contributed by atoms with van der Waals surface area (Å²) in [5.41, 5.74) is 0.455. The van der Waals surface area contributed by atoms with E-state index in [0.29, 0.717) is 26.2 Å². The van der Waals surface area contributed by atoms with Crippen LogP contribution in [0.1, 0.15) is 32.8 Å². The van der Waals surface area contributed by atoms with Crippen LogP contribution in [-0.4, -0.2) is 31.3 Å². The second-order valence-electron chi connectivity index (χ2n) is 5.00. The molecule has 1 atom stereocenters. The molecule has 0 aliphatic heterocycles. The minimum Gasteiger partial charge on any atom is -0.493 e. The second kappa shape index (κ2) is 7.90. The van der Waals surface area contributed by atoms with Gasteiger partial charge in [0.15, 0.2) is 0 Å². The number of carbonyl (C=O) groups excluding carboxylic acids is 1. The average molecular weight is 279 g/mol. The number of ether oxygens (including phenoxy) is 2. The van der Waals surface area contributed by atoms with E-state index < -0.39 is 5.54 Å². The van der Waals surface area contributed by atoms with Crippen molar-refractivity contribution in [3.8, 4) is 5.75 Å². The minimum atomic E-state index is -0.700. The van der Waals surface area contributed by atoms with E-state index in [9.17, 15) is 4.79 Å². The predicted molar refractivity (Wildman–Crippen MR) is 80.0 cm³/mol. The normalized spacial score (nSPS) is 13.6. The van der Waals surface area contributed by atoms with Crippen LogP contribution in [-0.2, 0) is 9.53 Å². The molecule has 1 aromatic rings. The minimum absolute atomic E-state index is 0.227. The standard InChI is InChI=1S/C16H25NO3/c1-5-17-16(4,15(18)19-6-2)10-11-20-14-9-7-8-13(3)12-14/h7-9,12,17H,5-6,10-11H2,1-4H3. The molecule has 0 spiro atoms. The molecule has 0 aromatic heterocycles. The van der Waals surface area contributed by atoms with Crippen molar-refractivity contribution >= 4 is 5.97 Å². The van der Waals surface area contributed by atoms with Gasteiger partial charge in [0.25, 0.3) is 0 Å². The Hall–Kier alpha value is -1.55. The van der Waals surface area contributed by atoms with Crippen LogP contribution in [0.2, 0.25) is 0 Å². The molecule has 1 unspecified atom stereocenters. The summed E-state index contributed by atoms with van der Waals surface area (Å²) in [6.07, 6.45) is 0.563. The fraction of sp³-hybridized carbons (Fsp3) is 0.562. The zero-order valence-corrected chi connectivity index (χ0v) is 12.9. The summed E-state index contributed by atoms with van der Waals surface area (Å²) in [4.78, 5) is 12.0. The molecule has 0 bridgehead atoms. The van der Waals surface area contributed by atoms with E-state index in [1.165, 1.54) is 0 Å². The number of benzene rings is 1. The fourth-order valence-corrected chi connectivity index (χ4v) is 2.02. The highest BCUT2D eigenvalue weighted by atomic mass is 16.5. The van der Waals surface area contributed by atoms with Crippen molar-refractivity contribution in [2.75, 3.05) is 19.8 Å². The van der Waals surface area contributed by atoms with E-state index in [-0.39, 0.29) is 5.97 Å². The SMILES string of the molecule is CCNC(C)(CCOc1cccc(C)c1)C(=O)OCC. The molecule has 0 aliphatic carbocycles.